The van der Waals surface area contributed by atoms with Crippen LogP contribution in [-0.2, 0) is 14.3 Å². The summed E-state index contributed by atoms with van der Waals surface area (Å²) < 4.78 is 9.78. The number of hydrogen-bond acceptors (Lipinski definition) is 7. The van der Waals surface area contributed by atoms with Crippen molar-refractivity contribution in [1.29, 1.82) is 0 Å². The Morgan fingerprint density at radius 1 is 1.22 bits per heavy atom. The zero-order chi connectivity index (χ0) is 19.8. The number of hydrogen-bond donors (Lipinski definition) is 1. The predicted octanol–water partition coefficient (Wildman–Crippen LogP) is 3.27. The van der Waals surface area contributed by atoms with Crippen LogP contribution in [0.5, 0.6) is 5.75 Å². The number of benzene rings is 2. The molecule has 142 valence electrons. The number of rotatable bonds is 8. The summed E-state index contributed by atoms with van der Waals surface area (Å²) in [6, 6.07) is 12.7. The van der Waals surface area contributed by atoms with Gasteiger partial charge in [0, 0.05) is 28.8 Å². The molecule has 2 aromatic carbocycles. The van der Waals surface area contributed by atoms with Gasteiger partial charge in [-0.1, -0.05) is 6.07 Å². The predicted molar refractivity (Wildman–Crippen MR) is 101 cm³/mol. The zero-order valence-electron chi connectivity index (χ0n) is 14.7. The molecule has 9 heteroatoms. The molecule has 0 aliphatic heterocycles. The van der Waals surface area contributed by atoms with Crippen molar-refractivity contribution in [2.45, 2.75) is 17.1 Å². The number of nitrogens with one attached hydrogen (secondary N) is 1. The number of thioether (sulfide) groups is 1. The van der Waals surface area contributed by atoms with Gasteiger partial charge in [0.05, 0.1) is 17.3 Å². The molecule has 0 fully saturated rings. The second-order valence-corrected chi connectivity index (χ2v) is 6.81. The molecule has 0 bridgehead atoms. The van der Waals surface area contributed by atoms with E-state index in [1.807, 2.05) is 0 Å². The summed E-state index contributed by atoms with van der Waals surface area (Å²) in [5.74, 6) is -0.310. The number of carbonyl (C=O) groups excluding carboxylic acids is 2. The molecule has 0 saturated heterocycles. The molecule has 2 aromatic rings. The van der Waals surface area contributed by atoms with Gasteiger partial charge in [-0.15, -0.1) is 11.8 Å². The molecule has 0 spiro atoms. The summed E-state index contributed by atoms with van der Waals surface area (Å²) in [4.78, 5) is 34.4. The molecule has 0 aromatic heterocycles. The lowest BCUT2D eigenvalue weighted by Crippen LogP contribution is -2.22. The zero-order valence-corrected chi connectivity index (χ0v) is 15.5. The van der Waals surface area contributed by atoms with Crippen LogP contribution in [0.1, 0.15) is 6.92 Å². The van der Waals surface area contributed by atoms with Crippen molar-refractivity contribution in [3.63, 3.8) is 0 Å². The van der Waals surface area contributed by atoms with Crippen molar-refractivity contribution < 1.29 is 24.0 Å². The first kappa shape index (κ1) is 20.2. The van der Waals surface area contributed by atoms with Crippen molar-refractivity contribution in [3.8, 4) is 5.75 Å². The van der Waals surface area contributed by atoms with Crippen molar-refractivity contribution in [2.24, 2.45) is 0 Å². The maximum atomic E-state index is 12.4. The van der Waals surface area contributed by atoms with Crippen molar-refractivity contribution in [2.75, 3.05) is 19.0 Å². The Morgan fingerprint density at radius 3 is 2.56 bits per heavy atom. The van der Waals surface area contributed by atoms with E-state index in [2.05, 4.69) is 10.1 Å². The van der Waals surface area contributed by atoms with E-state index in [4.69, 9.17) is 4.74 Å². The van der Waals surface area contributed by atoms with Crippen LogP contribution in [0.25, 0.3) is 0 Å². The molecule has 8 nitrogen and oxygen atoms in total. The molecular weight excluding hydrogens is 372 g/mol. The maximum absolute atomic E-state index is 12.4. The molecule has 1 N–H and O–H groups in total. The normalized spacial score (nSPS) is 11.3. The Hall–Kier alpha value is -3.07. The summed E-state index contributed by atoms with van der Waals surface area (Å²) in [6.07, 6.45) is 0. The minimum Gasteiger partial charge on any atom is -0.482 e. The van der Waals surface area contributed by atoms with E-state index in [1.54, 1.807) is 43.3 Å². The Bertz CT molecular complexity index is 825. The van der Waals surface area contributed by atoms with E-state index in [0.29, 0.717) is 11.4 Å². The van der Waals surface area contributed by atoms with E-state index < -0.39 is 16.1 Å². The molecule has 2 rings (SSSR count). The molecule has 1 amide bonds. The number of esters is 1. The average Bonchev–Trinajstić information content (AvgIpc) is 2.66. The molecule has 27 heavy (non-hydrogen) atoms. The Morgan fingerprint density at radius 2 is 1.93 bits per heavy atom. The first-order chi connectivity index (χ1) is 12.9. The van der Waals surface area contributed by atoms with Gasteiger partial charge in [0.2, 0.25) is 5.91 Å². The van der Waals surface area contributed by atoms with Gasteiger partial charge < -0.3 is 14.8 Å². The summed E-state index contributed by atoms with van der Waals surface area (Å²) in [6.45, 7) is 1.51. The third kappa shape index (κ3) is 6.30. The first-order valence-electron chi connectivity index (χ1n) is 7.90. The topological polar surface area (TPSA) is 108 Å². The van der Waals surface area contributed by atoms with Crippen LogP contribution >= 0.6 is 11.8 Å². The standard InChI is InChI=1S/C18H18N2O6S/c1-12(27-16-8-6-14(7-9-16)20(23)24)18(22)19-13-4-3-5-15(10-13)26-11-17(21)25-2/h3-10,12H,11H2,1-2H3,(H,19,22). The summed E-state index contributed by atoms with van der Waals surface area (Å²) >= 11 is 1.29. The Balaban J connectivity index is 1.93. The van der Waals surface area contributed by atoms with Gasteiger partial charge in [0.25, 0.3) is 5.69 Å². The number of methoxy groups -OCH3 is 1. The van der Waals surface area contributed by atoms with Crippen molar-refractivity contribution in [3.05, 3.63) is 58.6 Å². The largest absolute Gasteiger partial charge is 0.482 e. The monoisotopic (exact) mass is 390 g/mol. The molecule has 0 saturated carbocycles. The van der Waals surface area contributed by atoms with Crippen LogP contribution in [0.15, 0.2) is 53.4 Å². The summed E-state index contributed by atoms with van der Waals surface area (Å²) in [7, 11) is 1.27. The molecule has 1 unspecified atom stereocenters. The highest BCUT2D eigenvalue weighted by molar-refractivity contribution is 8.00. The number of amides is 1. The van der Waals surface area contributed by atoms with Crippen molar-refractivity contribution in [1.82, 2.24) is 0 Å². The molecule has 1 atom stereocenters. The summed E-state index contributed by atoms with van der Waals surface area (Å²) in [5.41, 5.74) is 0.527. The lowest BCUT2D eigenvalue weighted by molar-refractivity contribution is -0.384. The minimum absolute atomic E-state index is 0.000208. The van der Waals surface area contributed by atoms with Gasteiger partial charge in [-0.3, -0.25) is 14.9 Å². The van der Waals surface area contributed by atoms with Crippen LogP contribution in [-0.4, -0.2) is 35.8 Å². The number of anilines is 1. The van der Waals surface area contributed by atoms with Crippen LogP contribution in [0.2, 0.25) is 0 Å². The minimum atomic E-state index is -0.502. The molecule has 0 aliphatic carbocycles. The maximum Gasteiger partial charge on any atom is 0.343 e. The summed E-state index contributed by atoms with van der Waals surface area (Å²) in [5, 5.41) is 13.0. The second kappa shape index (κ2) is 9.58. The van der Waals surface area contributed by atoms with E-state index in [1.165, 1.54) is 31.0 Å². The number of nitro benzene ring substituents is 1. The first-order valence-corrected chi connectivity index (χ1v) is 8.78. The third-order valence-corrected chi connectivity index (χ3v) is 4.53. The number of non-ortho nitro benzene ring substituents is 1. The van der Waals surface area contributed by atoms with E-state index in [-0.39, 0.29) is 18.2 Å². The van der Waals surface area contributed by atoms with Crippen LogP contribution in [0, 0.1) is 10.1 Å². The van der Waals surface area contributed by atoms with E-state index in [0.717, 1.165) is 4.90 Å². The van der Waals surface area contributed by atoms with Crippen LogP contribution < -0.4 is 10.1 Å². The van der Waals surface area contributed by atoms with E-state index >= 15 is 0 Å². The lowest BCUT2D eigenvalue weighted by atomic mass is 10.3. The van der Waals surface area contributed by atoms with Gasteiger partial charge in [-0.25, -0.2) is 4.79 Å². The SMILES string of the molecule is COC(=O)COc1cccc(NC(=O)C(C)Sc2ccc([N+](=O)[O-])cc2)c1. The Labute approximate surface area is 160 Å². The average molecular weight is 390 g/mol. The van der Waals surface area contributed by atoms with Crippen molar-refractivity contribution >= 4 is 35.0 Å². The number of ether oxygens (including phenoxy) is 2. The van der Waals surface area contributed by atoms with Gasteiger partial charge in [0.15, 0.2) is 6.61 Å². The number of nitrogens with zero attached hydrogens (tertiary/aromatic N) is 1. The molecule has 0 aliphatic rings. The quantitative estimate of drug-likeness (QED) is 0.319. The van der Waals surface area contributed by atoms with Gasteiger partial charge in [-0.2, -0.15) is 0 Å². The number of nitro groups is 1. The highest BCUT2D eigenvalue weighted by Gasteiger charge is 2.16. The lowest BCUT2D eigenvalue weighted by Gasteiger charge is -2.13. The van der Waals surface area contributed by atoms with Gasteiger partial charge >= 0.3 is 5.97 Å². The van der Waals surface area contributed by atoms with Gasteiger partial charge in [0.1, 0.15) is 5.75 Å². The van der Waals surface area contributed by atoms with Crippen LogP contribution in [0.3, 0.4) is 0 Å². The smallest absolute Gasteiger partial charge is 0.343 e. The third-order valence-electron chi connectivity index (χ3n) is 3.42. The highest BCUT2D eigenvalue weighted by Crippen LogP contribution is 2.26. The molecular formula is C18H18N2O6S. The fourth-order valence-electron chi connectivity index (χ4n) is 2.01. The fourth-order valence-corrected chi connectivity index (χ4v) is 2.88. The van der Waals surface area contributed by atoms with Crippen LogP contribution in [0.4, 0.5) is 11.4 Å². The highest BCUT2D eigenvalue weighted by atomic mass is 32.2. The molecule has 0 radical (unpaired) electrons. The molecule has 0 heterocycles. The van der Waals surface area contributed by atoms with Gasteiger partial charge in [-0.05, 0) is 31.2 Å². The Kier molecular flexibility index (Phi) is 7.18. The fraction of sp³-hybridized carbons (Fsp3) is 0.222. The van der Waals surface area contributed by atoms with E-state index in [9.17, 15) is 19.7 Å². The second-order valence-electron chi connectivity index (χ2n) is 5.39. The number of carbonyl (C=O) groups is 2.